The summed E-state index contributed by atoms with van der Waals surface area (Å²) in [5.41, 5.74) is 1.43. The Bertz CT molecular complexity index is 459. The van der Waals surface area contributed by atoms with Crippen LogP contribution in [0.5, 0.6) is 5.75 Å². The molecule has 0 saturated carbocycles. The Kier molecular flexibility index (Phi) is 4.53. The van der Waals surface area contributed by atoms with Gasteiger partial charge in [0.15, 0.2) is 0 Å². The first kappa shape index (κ1) is 13.8. The van der Waals surface area contributed by atoms with Crippen LogP contribution in [-0.2, 0) is 4.79 Å². The summed E-state index contributed by atoms with van der Waals surface area (Å²) in [6, 6.07) is 3.68. The molecule has 3 N–H and O–H groups in total. The van der Waals surface area contributed by atoms with E-state index in [1.807, 2.05) is 6.92 Å². The molecule has 1 rings (SSSR count). The molecule has 0 aromatic heterocycles. The van der Waals surface area contributed by atoms with Crippen molar-refractivity contribution in [1.29, 1.82) is 0 Å². The Morgan fingerprint density at radius 2 is 2.06 bits per heavy atom. The van der Waals surface area contributed by atoms with E-state index in [1.165, 1.54) is 6.92 Å². The predicted octanol–water partition coefficient (Wildman–Crippen LogP) is 1.60. The van der Waals surface area contributed by atoms with Crippen LogP contribution >= 0.6 is 0 Å². The Morgan fingerprint density at radius 1 is 1.39 bits per heavy atom. The quantitative estimate of drug-likeness (QED) is 0.759. The molecule has 1 unspecified atom stereocenters. The van der Waals surface area contributed by atoms with Gasteiger partial charge in [0, 0.05) is 5.69 Å². The number of benzene rings is 1. The third-order valence-corrected chi connectivity index (χ3v) is 2.40. The van der Waals surface area contributed by atoms with E-state index in [0.29, 0.717) is 11.4 Å². The number of amides is 2. The van der Waals surface area contributed by atoms with E-state index in [2.05, 4.69) is 10.6 Å². The molecule has 0 heterocycles. The number of carbonyl (C=O) groups excluding carboxylic acids is 1. The molecule has 0 aliphatic heterocycles. The van der Waals surface area contributed by atoms with Gasteiger partial charge in [0.05, 0.1) is 7.11 Å². The lowest BCUT2D eigenvalue weighted by Gasteiger charge is -2.13. The first-order chi connectivity index (χ1) is 8.43. The lowest BCUT2D eigenvalue weighted by molar-refractivity contribution is -0.138. The summed E-state index contributed by atoms with van der Waals surface area (Å²) in [6.07, 6.45) is 0. The van der Waals surface area contributed by atoms with Crippen molar-refractivity contribution in [3.63, 3.8) is 0 Å². The molecule has 1 atom stereocenters. The zero-order valence-electron chi connectivity index (χ0n) is 10.5. The Labute approximate surface area is 105 Å². The van der Waals surface area contributed by atoms with Crippen LogP contribution in [0.15, 0.2) is 18.2 Å². The van der Waals surface area contributed by atoms with Crippen LogP contribution in [0, 0.1) is 6.92 Å². The maximum Gasteiger partial charge on any atom is 0.325 e. The number of methoxy groups -OCH3 is 1. The number of nitrogens with one attached hydrogen (secondary N) is 2. The average molecular weight is 252 g/mol. The molecule has 18 heavy (non-hydrogen) atoms. The number of carbonyl (C=O) groups is 2. The number of aliphatic carboxylic acids is 1. The van der Waals surface area contributed by atoms with Gasteiger partial charge < -0.3 is 20.5 Å². The van der Waals surface area contributed by atoms with Crippen molar-refractivity contribution in [2.45, 2.75) is 19.9 Å². The van der Waals surface area contributed by atoms with Gasteiger partial charge in [-0.1, -0.05) is 0 Å². The van der Waals surface area contributed by atoms with Crippen molar-refractivity contribution in [2.75, 3.05) is 12.4 Å². The summed E-state index contributed by atoms with van der Waals surface area (Å²) in [5.74, 6) is -0.394. The minimum Gasteiger partial charge on any atom is -0.497 e. The largest absolute Gasteiger partial charge is 0.497 e. The second-order valence-electron chi connectivity index (χ2n) is 3.84. The highest BCUT2D eigenvalue weighted by Gasteiger charge is 2.14. The van der Waals surface area contributed by atoms with Crippen LogP contribution in [0.25, 0.3) is 0 Å². The second-order valence-corrected chi connectivity index (χ2v) is 3.84. The van der Waals surface area contributed by atoms with E-state index < -0.39 is 18.0 Å². The molecule has 1 aromatic rings. The van der Waals surface area contributed by atoms with E-state index in [9.17, 15) is 9.59 Å². The fraction of sp³-hybridized carbons (Fsp3) is 0.333. The third-order valence-electron chi connectivity index (χ3n) is 2.40. The van der Waals surface area contributed by atoms with Gasteiger partial charge in [-0.15, -0.1) is 0 Å². The maximum atomic E-state index is 11.5. The molecule has 6 heteroatoms. The highest BCUT2D eigenvalue weighted by atomic mass is 16.5. The fourth-order valence-corrected chi connectivity index (χ4v) is 1.32. The summed E-state index contributed by atoms with van der Waals surface area (Å²) in [5, 5.41) is 13.5. The third kappa shape index (κ3) is 3.65. The van der Waals surface area contributed by atoms with E-state index >= 15 is 0 Å². The molecular weight excluding hydrogens is 236 g/mol. The van der Waals surface area contributed by atoms with Gasteiger partial charge >= 0.3 is 12.0 Å². The highest BCUT2D eigenvalue weighted by Crippen LogP contribution is 2.20. The number of ether oxygens (including phenoxy) is 1. The summed E-state index contributed by atoms with van der Waals surface area (Å²) in [4.78, 5) is 22.1. The normalized spacial score (nSPS) is 11.5. The number of anilines is 1. The zero-order chi connectivity index (χ0) is 13.7. The standard InChI is InChI=1S/C12H16N2O4/c1-7-6-9(18-3)4-5-10(7)14-12(17)13-8(2)11(15)16/h4-6,8H,1-3H3,(H,15,16)(H2,13,14,17). The SMILES string of the molecule is COc1ccc(NC(=O)NC(C)C(=O)O)c(C)c1. The first-order valence-corrected chi connectivity index (χ1v) is 5.39. The van der Waals surface area contributed by atoms with E-state index in [4.69, 9.17) is 9.84 Å². The predicted molar refractivity (Wildman–Crippen MR) is 67.0 cm³/mol. The molecule has 0 radical (unpaired) electrons. The van der Waals surface area contributed by atoms with Crippen LogP contribution in [-0.4, -0.2) is 30.3 Å². The van der Waals surface area contributed by atoms with Gasteiger partial charge in [-0.25, -0.2) is 4.79 Å². The van der Waals surface area contributed by atoms with Crippen molar-refractivity contribution in [3.8, 4) is 5.75 Å². The smallest absolute Gasteiger partial charge is 0.325 e. The van der Waals surface area contributed by atoms with Crippen LogP contribution in [0.2, 0.25) is 0 Å². The van der Waals surface area contributed by atoms with E-state index in [-0.39, 0.29) is 0 Å². The molecule has 2 amide bonds. The van der Waals surface area contributed by atoms with E-state index in [0.717, 1.165) is 5.56 Å². The van der Waals surface area contributed by atoms with Crippen molar-refractivity contribution in [2.24, 2.45) is 0 Å². The Balaban J connectivity index is 2.67. The monoisotopic (exact) mass is 252 g/mol. The summed E-state index contributed by atoms with van der Waals surface area (Å²) >= 11 is 0. The second kappa shape index (κ2) is 5.90. The highest BCUT2D eigenvalue weighted by molar-refractivity contribution is 5.92. The van der Waals surface area contributed by atoms with Gasteiger partial charge in [0.1, 0.15) is 11.8 Å². The minimum atomic E-state index is -1.09. The van der Waals surface area contributed by atoms with Crippen molar-refractivity contribution in [3.05, 3.63) is 23.8 Å². The molecular formula is C12H16N2O4. The van der Waals surface area contributed by atoms with Crippen LogP contribution < -0.4 is 15.4 Å². The van der Waals surface area contributed by atoms with Gasteiger partial charge in [0.2, 0.25) is 0 Å². The summed E-state index contributed by atoms with van der Waals surface area (Å²) < 4.78 is 5.04. The Morgan fingerprint density at radius 3 is 2.56 bits per heavy atom. The number of carboxylic acids is 1. The molecule has 1 aromatic carbocycles. The lowest BCUT2D eigenvalue weighted by atomic mass is 10.2. The maximum absolute atomic E-state index is 11.5. The molecule has 0 aliphatic carbocycles. The minimum absolute atomic E-state index is 0.557. The number of carboxylic acid groups (broad SMARTS) is 1. The fourth-order valence-electron chi connectivity index (χ4n) is 1.32. The lowest BCUT2D eigenvalue weighted by Crippen LogP contribution is -2.40. The molecule has 0 saturated heterocycles. The summed E-state index contributed by atoms with van der Waals surface area (Å²) in [7, 11) is 1.56. The van der Waals surface area contributed by atoms with Gasteiger partial charge in [-0.2, -0.15) is 0 Å². The van der Waals surface area contributed by atoms with Crippen LogP contribution in [0.4, 0.5) is 10.5 Å². The first-order valence-electron chi connectivity index (χ1n) is 5.39. The Hall–Kier alpha value is -2.24. The average Bonchev–Trinajstić information content (AvgIpc) is 2.31. The van der Waals surface area contributed by atoms with Crippen LogP contribution in [0.1, 0.15) is 12.5 Å². The summed E-state index contributed by atoms with van der Waals surface area (Å²) in [6.45, 7) is 3.21. The number of urea groups is 1. The topological polar surface area (TPSA) is 87.7 Å². The van der Waals surface area contributed by atoms with E-state index in [1.54, 1.807) is 25.3 Å². The molecule has 6 nitrogen and oxygen atoms in total. The van der Waals surface area contributed by atoms with Gasteiger partial charge in [-0.05, 0) is 37.6 Å². The molecule has 0 bridgehead atoms. The number of hydrogen-bond acceptors (Lipinski definition) is 3. The molecule has 98 valence electrons. The zero-order valence-corrected chi connectivity index (χ0v) is 10.5. The number of aryl methyl sites for hydroxylation is 1. The van der Waals surface area contributed by atoms with Crippen molar-refractivity contribution in [1.82, 2.24) is 5.32 Å². The molecule has 0 spiro atoms. The molecule has 0 aliphatic rings. The van der Waals surface area contributed by atoms with Crippen LogP contribution in [0.3, 0.4) is 0 Å². The number of rotatable bonds is 4. The molecule has 0 fully saturated rings. The van der Waals surface area contributed by atoms with Crippen molar-refractivity contribution < 1.29 is 19.4 Å². The van der Waals surface area contributed by atoms with Gasteiger partial charge in [-0.3, -0.25) is 4.79 Å². The van der Waals surface area contributed by atoms with Crippen molar-refractivity contribution >= 4 is 17.7 Å². The number of hydrogen-bond donors (Lipinski definition) is 3. The van der Waals surface area contributed by atoms with Gasteiger partial charge in [0.25, 0.3) is 0 Å².